The van der Waals surface area contributed by atoms with Gasteiger partial charge in [0.25, 0.3) is 5.91 Å². The molecule has 4 aromatic rings. The van der Waals surface area contributed by atoms with Gasteiger partial charge in [-0.1, -0.05) is 72.8 Å². The van der Waals surface area contributed by atoms with E-state index < -0.39 is 0 Å². The van der Waals surface area contributed by atoms with Gasteiger partial charge in [-0.2, -0.15) is 0 Å². The Labute approximate surface area is 221 Å². The maximum absolute atomic E-state index is 13.8. The summed E-state index contributed by atoms with van der Waals surface area (Å²) in [7, 11) is 1.60. The van der Waals surface area contributed by atoms with Crippen LogP contribution >= 0.6 is 11.3 Å². The van der Waals surface area contributed by atoms with Crippen molar-refractivity contribution in [3.63, 3.8) is 0 Å². The summed E-state index contributed by atoms with van der Waals surface area (Å²) >= 11 is 1.75. The fourth-order valence-corrected chi connectivity index (χ4v) is 5.81. The van der Waals surface area contributed by atoms with Crippen LogP contribution in [0.25, 0.3) is 11.1 Å². The third-order valence-electron chi connectivity index (χ3n) is 6.82. The SMILES string of the molecule is COCCN(CC(=O)N1CCc2sccc2C1c1ccccc1)C(=O)c1ccc(-c2ccccc2)cc1. The average Bonchev–Trinajstić information content (AvgIpc) is 3.44. The highest BCUT2D eigenvalue weighted by atomic mass is 32.1. The van der Waals surface area contributed by atoms with Crippen LogP contribution in [-0.2, 0) is 16.0 Å². The lowest BCUT2D eigenvalue weighted by molar-refractivity contribution is -0.134. The Morgan fingerprint density at radius 1 is 0.919 bits per heavy atom. The number of thiophene rings is 1. The van der Waals surface area contributed by atoms with E-state index in [1.807, 2.05) is 77.7 Å². The largest absolute Gasteiger partial charge is 0.383 e. The van der Waals surface area contributed by atoms with Crippen LogP contribution in [-0.4, -0.2) is 55.0 Å². The van der Waals surface area contributed by atoms with Gasteiger partial charge in [-0.3, -0.25) is 9.59 Å². The molecule has 0 fully saturated rings. The van der Waals surface area contributed by atoms with Gasteiger partial charge in [-0.25, -0.2) is 0 Å². The third kappa shape index (κ3) is 5.50. The quantitative estimate of drug-likeness (QED) is 0.307. The van der Waals surface area contributed by atoms with Gasteiger partial charge in [-0.15, -0.1) is 11.3 Å². The number of carbonyl (C=O) groups excluding carboxylic acids is 2. The third-order valence-corrected chi connectivity index (χ3v) is 7.82. The summed E-state index contributed by atoms with van der Waals surface area (Å²) in [4.78, 5) is 32.1. The van der Waals surface area contributed by atoms with E-state index in [1.165, 1.54) is 10.4 Å². The first-order chi connectivity index (χ1) is 18.2. The molecule has 0 radical (unpaired) electrons. The van der Waals surface area contributed by atoms with E-state index in [0.29, 0.717) is 25.3 Å². The molecule has 2 heterocycles. The molecule has 1 aliphatic heterocycles. The van der Waals surface area contributed by atoms with Crippen molar-refractivity contribution in [3.05, 3.63) is 118 Å². The minimum absolute atomic E-state index is 0.00539. The van der Waals surface area contributed by atoms with E-state index in [9.17, 15) is 9.59 Å². The molecule has 0 saturated heterocycles. The molecule has 1 aliphatic rings. The molecule has 5 rings (SSSR count). The monoisotopic (exact) mass is 510 g/mol. The number of amides is 2. The van der Waals surface area contributed by atoms with Gasteiger partial charge in [0, 0.05) is 30.6 Å². The number of methoxy groups -OCH3 is 1. The van der Waals surface area contributed by atoms with E-state index in [0.717, 1.165) is 23.1 Å². The number of nitrogens with zero attached hydrogens (tertiary/aromatic N) is 2. The van der Waals surface area contributed by atoms with E-state index in [4.69, 9.17) is 4.74 Å². The first-order valence-electron chi connectivity index (χ1n) is 12.5. The van der Waals surface area contributed by atoms with Gasteiger partial charge in [0.15, 0.2) is 0 Å². The molecule has 0 aliphatic carbocycles. The zero-order chi connectivity index (χ0) is 25.6. The zero-order valence-electron chi connectivity index (χ0n) is 20.9. The highest BCUT2D eigenvalue weighted by Crippen LogP contribution is 2.37. The lowest BCUT2D eigenvalue weighted by atomic mass is 9.93. The molecular weight excluding hydrogens is 480 g/mol. The van der Waals surface area contributed by atoms with Crippen LogP contribution in [0.1, 0.15) is 32.4 Å². The molecule has 0 saturated carbocycles. The fourth-order valence-electron chi connectivity index (χ4n) is 4.91. The van der Waals surface area contributed by atoms with Crippen molar-refractivity contribution in [3.8, 4) is 11.1 Å². The van der Waals surface area contributed by atoms with E-state index in [1.54, 1.807) is 23.3 Å². The summed E-state index contributed by atoms with van der Waals surface area (Å²) in [6.45, 7) is 1.34. The summed E-state index contributed by atoms with van der Waals surface area (Å²) in [5.74, 6) is -0.231. The van der Waals surface area contributed by atoms with E-state index >= 15 is 0 Å². The Morgan fingerprint density at radius 2 is 1.59 bits per heavy atom. The van der Waals surface area contributed by atoms with Crippen molar-refractivity contribution in [1.29, 1.82) is 0 Å². The van der Waals surface area contributed by atoms with Crippen LogP contribution in [0.3, 0.4) is 0 Å². The summed E-state index contributed by atoms with van der Waals surface area (Å²) in [5, 5.41) is 2.10. The lowest BCUT2D eigenvalue weighted by Gasteiger charge is -2.37. The number of rotatable bonds is 8. The highest BCUT2D eigenvalue weighted by Gasteiger charge is 2.34. The molecular formula is C31H30N2O3S. The second-order valence-electron chi connectivity index (χ2n) is 9.11. The van der Waals surface area contributed by atoms with Gasteiger partial charge in [0.2, 0.25) is 5.91 Å². The van der Waals surface area contributed by atoms with Gasteiger partial charge in [0.1, 0.15) is 6.54 Å². The smallest absolute Gasteiger partial charge is 0.254 e. The molecule has 37 heavy (non-hydrogen) atoms. The minimum atomic E-state index is -0.172. The van der Waals surface area contributed by atoms with Crippen molar-refractivity contribution in [2.45, 2.75) is 12.5 Å². The molecule has 1 unspecified atom stereocenters. The normalized spacial score (nSPS) is 14.7. The van der Waals surface area contributed by atoms with Crippen LogP contribution in [0.5, 0.6) is 0 Å². The van der Waals surface area contributed by atoms with Crippen molar-refractivity contribution in [2.75, 3.05) is 33.4 Å². The number of hydrogen-bond acceptors (Lipinski definition) is 4. The molecule has 188 valence electrons. The second-order valence-corrected chi connectivity index (χ2v) is 10.1. The average molecular weight is 511 g/mol. The van der Waals surface area contributed by atoms with E-state index in [2.05, 4.69) is 23.6 Å². The predicted molar refractivity (Wildman–Crippen MR) is 148 cm³/mol. The first-order valence-corrected chi connectivity index (χ1v) is 13.4. The zero-order valence-corrected chi connectivity index (χ0v) is 21.7. The fraction of sp³-hybridized carbons (Fsp3) is 0.226. The second kappa shape index (κ2) is 11.5. The maximum atomic E-state index is 13.8. The van der Waals surface area contributed by atoms with Gasteiger partial charge >= 0.3 is 0 Å². The summed E-state index contributed by atoms with van der Waals surface area (Å²) < 4.78 is 5.27. The molecule has 0 bridgehead atoms. The van der Waals surface area contributed by atoms with Crippen molar-refractivity contribution >= 4 is 23.2 Å². The number of benzene rings is 3. The predicted octanol–water partition coefficient (Wildman–Crippen LogP) is 5.68. The van der Waals surface area contributed by atoms with Crippen molar-refractivity contribution in [1.82, 2.24) is 9.80 Å². The molecule has 1 atom stereocenters. The lowest BCUT2D eigenvalue weighted by Crippen LogP contribution is -2.47. The maximum Gasteiger partial charge on any atom is 0.254 e. The molecule has 2 amide bonds. The van der Waals surface area contributed by atoms with Crippen molar-refractivity contribution in [2.24, 2.45) is 0 Å². The Kier molecular flexibility index (Phi) is 7.78. The van der Waals surface area contributed by atoms with Crippen LogP contribution < -0.4 is 0 Å². The van der Waals surface area contributed by atoms with Crippen molar-refractivity contribution < 1.29 is 14.3 Å². The summed E-state index contributed by atoms with van der Waals surface area (Å²) in [6.07, 6.45) is 0.828. The number of fused-ring (bicyclic) bond motifs is 1. The Morgan fingerprint density at radius 3 is 2.30 bits per heavy atom. The molecule has 0 N–H and O–H groups in total. The Balaban J connectivity index is 1.37. The molecule has 1 aromatic heterocycles. The van der Waals surface area contributed by atoms with Crippen LogP contribution in [0, 0.1) is 0 Å². The molecule has 3 aromatic carbocycles. The molecule has 6 heteroatoms. The van der Waals surface area contributed by atoms with Crippen LogP contribution in [0.2, 0.25) is 0 Å². The summed E-state index contributed by atoms with van der Waals surface area (Å²) in [5.41, 5.74) is 4.96. The minimum Gasteiger partial charge on any atom is -0.383 e. The van der Waals surface area contributed by atoms with Gasteiger partial charge in [-0.05, 0) is 52.3 Å². The van der Waals surface area contributed by atoms with Gasteiger partial charge in [0.05, 0.1) is 12.6 Å². The Bertz CT molecular complexity index is 1340. The highest BCUT2D eigenvalue weighted by molar-refractivity contribution is 7.10. The first kappa shape index (κ1) is 24.9. The van der Waals surface area contributed by atoms with E-state index in [-0.39, 0.29) is 24.4 Å². The molecule has 0 spiro atoms. The van der Waals surface area contributed by atoms with Crippen LogP contribution in [0.4, 0.5) is 0 Å². The van der Waals surface area contributed by atoms with Crippen LogP contribution in [0.15, 0.2) is 96.4 Å². The topological polar surface area (TPSA) is 49.9 Å². The number of ether oxygens (including phenoxy) is 1. The number of hydrogen-bond donors (Lipinski definition) is 0. The standard InChI is InChI=1S/C31H30N2O3S/c1-36-20-19-32(31(35)26-14-12-24(13-15-26)23-8-4-2-5-9-23)22-29(34)33-18-16-28-27(17-21-37-28)30(33)25-10-6-3-7-11-25/h2-15,17,21,30H,16,18-20,22H2,1H3. The van der Waals surface area contributed by atoms with Gasteiger partial charge < -0.3 is 14.5 Å². The Hall–Kier alpha value is -3.74. The summed E-state index contributed by atoms with van der Waals surface area (Å²) in [6, 6.07) is 29.7. The molecule has 5 nitrogen and oxygen atoms in total. The number of carbonyl (C=O) groups is 2.